The van der Waals surface area contributed by atoms with Gasteiger partial charge in [0.25, 0.3) is 0 Å². The molecule has 2 heterocycles. The van der Waals surface area contributed by atoms with Crippen molar-refractivity contribution < 1.29 is 27.5 Å². The van der Waals surface area contributed by atoms with E-state index in [0.29, 0.717) is 23.2 Å². The Bertz CT molecular complexity index is 1670. The number of benzene rings is 3. The first-order valence-corrected chi connectivity index (χ1v) is 14.8. The summed E-state index contributed by atoms with van der Waals surface area (Å²) in [4.78, 5) is 35.5. The molecule has 9 nitrogen and oxygen atoms in total. The van der Waals surface area contributed by atoms with Crippen LogP contribution < -0.4 is 15.0 Å². The van der Waals surface area contributed by atoms with Crippen LogP contribution in [0.25, 0.3) is 17.1 Å². The average molecular weight is 623 g/mol. The van der Waals surface area contributed by atoms with E-state index in [1.807, 2.05) is 55.5 Å². The fraction of sp³-hybridized carbons (Fsp3) is 0.258. The monoisotopic (exact) mass is 622 g/mol. The number of carbonyl (C=O) groups is 2. The molecule has 13 heteroatoms. The van der Waals surface area contributed by atoms with Crippen molar-refractivity contribution in [1.82, 2.24) is 20.1 Å². The van der Waals surface area contributed by atoms with Crippen molar-refractivity contribution in [2.45, 2.75) is 39.0 Å². The SMILES string of the molecule is CC(C)c1ccccc1N1C(=O)CS/C1=N\C(=O)NCC(C)c1ccc(-c2ncn(-c3ccc(OC(F)(F)F)cc3)n2)cc1. The minimum absolute atomic E-state index is 0.0354. The highest BCUT2D eigenvalue weighted by Gasteiger charge is 2.32. The lowest BCUT2D eigenvalue weighted by molar-refractivity contribution is -0.274. The van der Waals surface area contributed by atoms with Gasteiger partial charge in [-0.05, 0) is 53.3 Å². The van der Waals surface area contributed by atoms with Gasteiger partial charge in [-0.3, -0.25) is 9.69 Å². The summed E-state index contributed by atoms with van der Waals surface area (Å²) in [5.74, 6) is 0.383. The molecular formula is C31H29F3N6O3S. The molecule has 0 saturated carbocycles. The highest BCUT2D eigenvalue weighted by Crippen LogP contribution is 2.33. The standard InChI is InChI=1S/C31H29F3N6O3S/c1-19(2)25-6-4-5-7-26(25)40-27(41)17-44-30(40)37-29(42)35-16-20(3)21-8-10-22(11-9-21)28-36-18-39(38-28)23-12-14-24(15-13-23)43-31(32,33)34/h4-15,18-20H,16-17H2,1-3H3,(H,35,42)/b37-30-. The van der Waals surface area contributed by atoms with Gasteiger partial charge in [-0.15, -0.1) is 18.3 Å². The number of thioether (sulfide) groups is 1. The van der Waals surface area contributed by atoms with Gasteiger partial charge in [-0.2, -0.15) is 4.99 Å². The molecular weight excluding hydrogens is 593 g/mol. The van der Waals surface area contributed by atoms with Crippen molar-refractivity contribution >= 4 is 34.6 Å². The van der Waals surface area contributed by atoms with Crippen molar-refractivity contribution in [3.8, 4) is 22.8 Å². The maximum Gasteiger partial charge on any atom is 0.573 e. The second-order valence-electron chi connectivity index (χ2n) is 10.4. The summed E-state index contributed by atoms with van der Waals surface area (Å²) in [7, 11) is 0. The lowest BCUT2D eigenvalue weighted by Crippen LogP contribution is -2.32. The summed E-state index contributed by atoms with van der Waals surface area (Å²) >= 11 is 1.24. The molecule has 1 aliphatic rings. The molecule has 228 valence electrons. The number of para-hydroxylation sites is 1. The number of anilines is 1. The first kappa shape index (κ1) is 30.8. The molecule has 4 aromatic rings. The predicted molar refractivity (Wildman–Crippen MR) is 163 cm³/mol. The quantitative estimate of drug-likeness (QED) is 0.229. The zero-order valence-electron chi connectivity index (χ0n) is 24.1. The van der Waals surface area contributed by atoms with Crippen LogP contribution >= 0.6 is 11.8 Å². The van der Waals surface area contributed by atoms with Crippen LogP contribution in [0.3, 0.4) is 0 Å². The van der Waals surface area contributed by atoms with Gasteiger partial charge in [0.1, 0.15) is 12.1 Å². The minimum Gasteiger partial charge on any atom is -0.406 e. The maximum absolute atomic E-state index is 12.7. The molecule has 1 aliphatic heterocycles. The maximum atomic E-state index is 12.7. The van der Waals surface area contributed by atoms with Gasteiger partial charge in [0.15, 0.2) is 11.0 Å². The third kappa shape index (κ3) is 7.28. The normalized spacial score (nSPS) is 15.2. The number of nitrogens with one attached hydrogen (secondary N) is 1. The van der Waals surface area contributed by atoms with E-state index in [-0.39, 0.29) is 29.2 Å². The fourth-order valence-corrected chi connectivity index (χ4v) is 5.49. The van der Waals surface area contributed by atoms with Gasteiger partial charge in [0.05, 0.1) is 17.1 Å². The van der Waals surface area contributed by atoms with E-state index < -0.39 is 12.4 Å². The number of urea groups is 1. The number of aromatic nitrogens is 3. The molecule has 3 aromatic carbocycles. The summed E-state index contributed by atoms with van der Waals surface area (Å²) in [5, 5.41) is 7.62. The third-order valence-corrected chi connectivity index (χ3v) is 7.81. The number of hydrogen-bond donors (Lipinski definition) is 1. The second-order valence-corrected chi connectivity index (χ2v) is 11.3. The Morgan fingerprint density at radius 1 is 1.05 bits per heavy atom. The summed E-state index contributed by atoms with van der Waals surface area (Å²) in [6, 6.07) is 20.0. The van der Waals surface area contributed by atoms with Crippen molar-refractivity contribution in [2.75, 3.05) is 17.2 Å². The van der Waals surface area contributed by atoms with Crippen molar-refractivity contribution in [1.29, 1.82) is 0 Å². The summed E-state index contributed by atoms with van der Waals surface area (Å²) < 4.78 is 42.6. The Morgan fingerprint density at radius 2 is 1.75 bits per heavy atom. The van der Waals surface area contributed by atoms with Gasteiger partial charge in [-0.1, -0.05) is 75.0 Å². The van der Waals surface area contributed by atoms with Crippen LogP contribution in [0.1, 0.15) is 43.7 Å². The van der Waals surface area contributed by atoms with Gasteiger partial charge in [0.2, 0.25) is 5.91 Å². The van der Waals surface area contributed by atoms with Crippen LogP contribution in [0.2, 0.25) is 0 Å². The summed E-state index contributed by atoms with van der Waals surface area (Å²) in [6.07, 6.45) is -3.29. The van der Waals surface area contributed by atoms with Crippen molar-refractivity contribution in [2.24, 2.45) is 4.99 Å². The van der Waals surface area contributed by atoms with E-state index >= 15 is 0 Å². The average Bonchev–Trinajstić information content (AvgIpc) is 3.62. The van der Waals surface area contributed by atoms with Crippen LogP contribution in [0, 0.1) is 0 Å². The van der Waals surface area contributed by atoms with E-state index in [0.717, 1.165) is 22.4 Å². The molecule has 1 aromatic heterocycles. The topological polar surface area (TPSA) is 102 Å². The molecule has 0 aliphatic carbocycles. The van der Waals surface area contributed by atoms with E-state index in [9.17, 15) is 22.8 Å². The number of rotatable bonds is 8. The third-order valence-electron chi connectivity index (χ3n) is 6.89. The predicted octanol–water partition coefficient (Wildman–Crippen LogP) is 6.91. The molecule has 1 atom stereocenters. The Hall–Kier alpha value is -4.65. The van der Waals surface area contributed by atoms with Crippen LogP contribution in [-0.2, 0) is 4.79 Å². The van der Waals surface area contributed by atoms with Crippen LogP contribution in [0.4, 0.5) is 23.7 Å². The lowest BCUT2D eigenvalue weighted by Gasteiger charge is -2.21. The Labute approximate surface area is 256 Å². The van der Waals surface area contributed by atoms with Gasteiger partial charge < -0.3 is 10.1 Å². The first-order valence-electron chi connectivity index (χ1n) is 13.8. The molecule has 5 rings (SSSR count). The second kappa shape index (κ2) is 12.9. The number of nitrogens with zero attached hydrogens (tertiary/aromatic N) is 5. The molecule has 0 bridgehead atoms. The number of halogens is 3. The number of carbonyl (C=O) groups excluding carboxylic acids is 2. The number of amides is 3. The summed E-state index contributed by atoms with van der Waals surface area (Å²) in [6.45, 7) is 6.41. The summed E-state index contributed by atoms with van der Waals surface area (Å²) in [5.41, 5.74) is 3.99. The molecule has 0 radical (unpaired) electrons. The van der Waals surface area contributed by atoms with Crippen LogP contribution in [-0.4, -0.2) is 50.5 Å². The van der Waals surface area contributed by atoms with E-state index in [2.05, 4.69) is 39.0 Å². The first-order chi connectivity index (χ1) is 21.0. The number of aliphatic imine (C=N–C) groups is 1. The van der Waals surface area contributed by atoms with Crippen LogP contribution in [0.15, 0.2) is 84.1 Å². The van der Waals surface area contributed by atoms with Crippen molar-refractivity contribution in [3.05, 3.63) is 90.3 Å². The molecule has 0 spiro atoms. The highest BCUT2D eigenvalue weighted by atomic mass is 32.2. The molecule has 1 saturated heterocycles. The zero-order valence-corrected chi connectivity index (χ0v) is 24.9. The molecule has 1 N–H and O–H groups in total. The Kier molecular flexibility index (Phi) is 9.04. The largest absolute Gasteiger partial charge is 0.573 e. The van der Waals surface area contributed by atoms with Gasteiger partial charge in [-0.25, -0.2) is 14.5 Å². The van der Waals surface area contributed by atoms with E-state index in [4.69, 9.17) is 0 Å². The van der Waals surface area contributed by atoms with Crippen LogP contribution in [0.5, 0.6) is 5.75 Å². The Balaban J connectivity index is 1.20. The number of hydrogen-bond acceptors (Lipinski definition) is 6. The highest BCUT2D eigenvalue weighted by molar-refractivity contribution is 8.15. The van der Waals surface area contributed by atoms with E-state index in [1.165, 1.54) is 51.9 Å². The number of ether oxygens (including phenoxy) is 1. The zero-order chi connectivity index (χ0) is 31.4. The number of alkyl halides is 3. The van der Waals surface area contributed by atoms with Gasteiger partial charge >= 0.3 is 12.4 Å². The van der Waals surface area contributed by atoms with Crippen molar-refractivity contribution in [3.63, 3.8) is 0 Å². The molecule has 1 fully saturated rings. The smallest absolute Gasteiger partial charge is 0.406 e. The lowest BCUT2D eigenvalue weighted by atomic mass is 10.00. The minimum atomic E-state index is -4.76. The van der Waals surface area contributed by atoms with E-state index in [1.54, 1.807) is 0 Å². The van der Waals surface area contributed by atoms with Gasteiger partial charge in [0, 0.05) is 12.1 Å². The molecule has 1 unspecified atom stereocenters. The number of amidine groups is 1. The fourth-order valence-electron chi connectivity index (χ4n) is 4.63. The molecule has 3 amide bonds. The Morgan fingerprint density at radius 3 is 2.43 bits per heavy atom. The molecule has 44 heavy (non-hydrogen) atoms.